The van der Waals surface area contributed by atoms with Crippen LogP contribution >= 0.6 is 0 Å². The van der Waals surface area contributed by atoms with Crippen molar-refractivity contribution in [2.45, 2.75) is 19.4 Å². The van der Waals surface area contributed by atoms with E-state index in [0.717, 1.165) is 19.4 Å². The van der Waals surface area contributed by atoms with E-state index < -0.39 is 11.4 Å². The Morgan fingerprint density at radius 2 is 2.23 bits per heavy atom. The molecule has 1 atom stereocenters. The number of nitrogens with zero attached hydrogens (tertiary/aromatic N) is 3. The number of likely N-dealkylation sites (tertiary alicyclic amines) is 1. The molecular weight excluding hydrogens is 335 g/mol. The fourth-order valence-corrected chi connectivity index (χ4v) is 3.67. The number of H-pyrrole nitrogens is 1. The van der Waals surface area contributed by atoms with Gasteiger partial charge >= 0.3 is 0 Å². The zero-order valence-electron chi connectivity index (χ0n) is 14.2. The number of carbonyl (C=O) groups excluding carboxylic acids is 1. The zero-order valence-corrected chi connectivity index (χ0v) is 14.2. The third-order valence-corrected chi connectivity index (χ3v) is 4.87. The number of carbonyl (C=O) groups is 1. The summed E-state index contributed by atoms with van der Waals surface area (Å²) in [5.74, 6) is -0.285. The highest BCUT2D eigenvalue weighted by molar-refractivity contribution is 6.06. The first kappa shape index (κ1) is 16.5. The molecule has 134 valence electrons. The maximum Gasteiger partial charge on any atom is 0.254 e. The molecule has 26 heavy (non-hydrogen) atoms. The van der Waals surface area contributed by atoms with Crippen molar-refractivity contribution in [3.05, 3.63) is 64.7 Å². The number of imidazole rings is 1. The number of hydrogen-bond acceptors (Lipinski definition) is 3. The fraction of sp³-hybridized carbons (Fsp3) is 0.316. The van der Waals surface area contributed by atoms with Gasteiger partial charge in [0.25, 0.3) is 5.91 Å². The van der Waals surface area contributed by atoms with E-state index in [2.05, 4.69) is 9.97 Å². The second-order valence-corrected chi connectivity index (χ2v) is 6.76. The minimum absolute atomic E-state index is 0.178. The van der Waals surface area contributed by atoms with Gasteiger partial charge in [-0.3, -0.25) is 9.59 Å². The molecule has 1 amide bonds. The van der Waals surface area contributed by atoms with Crippen LogP contribution in [0.25, 0.3) is 10.9 Å². The van der Waals surface area contributed by atoms with Crippen molar-refractivity contribution >= 4 is 16.8 Å². The van der Waals surface area contributed by atoms with Crippen molar-refractivity contribution in [3.63, 3.8) is 0 Å². The standard InChI is InChI=1S/C19H19FN4O2/c20-14-3-4-15-16(9-18(25)22-17(15)8-14)19(26)24-6-1-2-13(11-24)10-23-7-5-21-12-23/h3-5,7-9,12-13H,1-2,6,10-11H2,(H,22,25). The van der Waals surface area contributed by atoms with Crippen molar-refractivity contribution < 1.29 is 9.18 Å². The van der Waals surface area contributed by atoms with Gasteiger partial charge in [-0.1, -0.05) is 0 Å². The number of fused-ring (bicyclic) bond motifs is 1. The van der Waals surface area contributed by atoms with Gasteiger partial charge < -0.3 is 14.5 Å². The molecule has 1 aromatic carbocycles. The zero-order chi connectivity index (χ0) is 18.1. The first-order valence-corrected chi connectivity index (χ1v) is 8.68. The summed E-state index contributed by atoms with van der Waals surface area (Å²) in [6.07, 6.45) is 7.40. The third-order valence-electron chi connectivity index (χ3n) is 4.87. The molecule has 2 aromatic heterocycles. The number of piperidine rings is 1. The summed E-state index contributed by atoms with van der Waals surface area (Å²) in [5, 5.41) is 0.563. The largest absolute Gasteiger partial charge is 0.338 e. The Kier molecular flexibility index (Phi) is 4.28. The average Bonchev–Trinajstić information content (AvgIpc) is 3.13. The molecule has 0 saturated carbocycles. The molecule has 7 heteroatoms. The molecular formula is C19H19FN4O2. The number of aromatic amines is 1. The topological polar surface area (TPSA) is 71.0 Å². The fourth-order valence-electron chi connectivity index (χ4n) is 3.67. The molecule has 0 aliphatic carbocycles. The lowest BCUT2D eigenvalue weighted by molar-refractivity contribution is 0.0664. The summed E-state index contributed by atoms with van der Waals surface area (Å²) in [6, 6.07) is 5.39. The number of benzene rings is 1. The van der Waals surface area contributed by atoms with Gasteiger partial charge in [0.15, 0.2) is 0 Å². The molecule has 4 rings (SSSR count). The van der Waals surface area contributed by atoms with E-state index in [1.165, 1.54) is 18.2 Å². The molecule has 6 nitrogen and oxygen atoms in total. The molecule has 0 spiro atoms. The van der Waals surface area contributed by atoms with Gasteiger partial charge in [-0.25, -0.2) is 9.37 Å². The van der Waals surface area contributed by atoms with Crippen LogP contribution in [0.15, 0.2) is 47.8 Å². The first-order valence-electron chi connectivity index (χ1n) is 8.68. The van der Waals surface area contributed by atoms with Gasteiger partial charge in [-0.15, -0.1) is 0 Å². The van der Waals surface area contributed by atoms with E-state index in [1.807, 2.05) is 10.8 Å². The first-order chi connectivity index (χ1) is 12.6. The predicted octanol–water partition coefficient (Wildman–Crippen LogP) is 2.42. The Bertz CT molecular complexity index is 996. The normalized spacial score (nSPS) is 17.6. The Morgan fingerprint density at radius 3 is 3.04 bits per heavy atom. The van der Waals surface area contributed by atoms with E-state index in [-0.39, 0.29) is 5.91 Å². The van der Waals surface area contributed by atoms with Gasteiger partial charge in [0.05, 0.1) is 17.4 Å². The van der Waals surface area contributed by atoms with Gasteiger partial charge in [-0.2, -0.15) is 0 Å². The molecule has 0 radical (unpaired) electrons. The van der Waals surface area contributed by atoms with Crippen LogP contribution in [0.1, 0.15) is 23.2 Å². The van der Waals surface area contributed by atoms with Crippen LogP contribution in [0.4, 0.5) is 4.39 Å². The molecule has 1 unspecified atom stereocenters. The van der Waals surface area contributed by atoms with Crippen LogP contribution in [0.2, 0.25) is 0 Å². The Hall–Kier alpha value is -2.96. The van der Waals surface area contributed by atoms with Crippen molar-refractivity contribution in [1.82, 2.24) is 19.4 Å². The molecule has 1 fully saturated rings. The highest BCUT2D eigenvalue weighted by atomic mass is 19.1. The molecule has 3 heterocycles. The second kappa shape index (κ2) is 6.74. The maximum atomic E-state index is 13.5. The summed E-state index contributed by atoms with van der Waals surface area (Å²) >= 11 is 0. The number of rotatable bonds is 3. The number of aromatic nitrogens is 3. The molecule has 1 aliphatic rings. The summed E-state index contributed by atoms with van der Waals surface area (Å²) in [4.78, 5) is 33.4. The van der Waals surface area contributed by atoms with Gasteiger partial charge in [0.2, 0.25) is 5.56 Å². The van der Waals surface area contributed by atoms with E-state index in [1.54, 1.807) is 23.5 Å². The SMILES string of the molecule is O=C(c1cc(=O)[nH]c2cc(F)ccc12)N1CCCC(Cn2ccnc2)C1. The van der Waals surface area contributed by atoms with Crippen molar-refractivity contribution in [2.75, 3.05) is 13.1 Å². The molecule has 1 saturated heterocycles. The number of pyridine rings is 1. The quantitative estimate of drug-likeness (QED) is 0.785. The average molecular weight is 354 g/mol. The molecule has 3 aromatic rings. The van der Waals surface area contributed by atoms with Crippen LogP contribution in [0.3, 0.4) is 0 Å². The van der Waals surface area contributed by atoms with Gasteiger partial charge in [-0.05, 0) is 37.0 Å². The van der Waals surface area contributed by atoms with Crippen LogP contribution in [0, 0.1) is 11.7 Å². The maximum absolute atomic E-state index is 13.5. The van der Waals surface area contributed by atoms with Crippen molar-refractivity contribution in [3.8, 4) is 0 Å². The molecule has 0 bridgehead atoms. The lowest BCUT2D eigenvalue weighted by atomic mass is 9.96. The number of nitrogens with one attached hydrogen (secondary N) is 1. The van der Waals surface area contributed by atoms with Gasteiger partial charge in [0, 0.05) is 43.5 Å². The number of halogens is 1. The Morgan fingerprint density at radius 1 is 1.35 bits per heavy atom. The van der Waals surface area contributed by atoms with Crippen LogP contribution < -0.4 is 5.56 Å². The summed E-state index contributed by atoms with van der Waals surface area (Å²) in [5.41, 5.74) is 0.262. The lowest BCUT2D eigenvalue weighted by Crippen LogP contribution is -2.41. The van der Waals surface area contributed by atoms with E-state index in [9.17, 15) is 14.0 Å². The minimum Gasteiger partial charge on any atom is -0.338 e. The van der Waals surface area contributed by atoms with Crippen LogP contribution in [-0.4, -0.2) is 38.4 Å². The Balaban J connectivity index is 1.61. The van der Waals surface area contributed by atoms with E-state index in [4.69, 9.17) is 0 Å². The van der Waals surface area contributed by atoms with Crippen LogP contribution in [-0.2, 0) is 6.54 Å². The predicted molar refractivity (Wildman–Crippen MR) is 95.4 cm³/mol. The van der Waals surface area contributed by atoms with E-state index in [0.29, 0.717) is 35.5 Å². The lowest BCUT2D eigenvalue weighted by Gasteiger charge is -2.33. The number of hydrogen-bond donors (Lipinski definition) is 1. The number of amides is 1. The smallest absolute Gasteiger partial charge is 0.254 e. The van der Waals surface area contributed by atoms with Crippen molar-refractivity contribution in [2.24, 2.45) is 5.92 Å². The van der Waals surface area contributed by atoms with Crippen molar-refractivity contribution in [1.29, 1.82) is 0 Å². The second-order valence-electron chi connectivity index (χ2n) is 6.76. The van der Waals surface area contributed by atoms with Crippen LogP contribution in [0.5, 0.6) is 0 Å². The summed E-state index contributed by atoms with van der Waals surface area (Å²) in [7, 11) is 0. The highest BCUT2D eigenvalue weighted by Gasteiger charge is 2.26. The monoisotopic (exact) mass is 354 g/mol. The van der Waals surface area contributed by atoms with Gasteiger partial charge in [0.1, 0.15) is 5.82 Å². The van der Waals surface area contributed by atoms with E-state index >= 15 is 0 Å². The highest BCUT2D eigenvalue weighted by Crippen LogP contribution is 2.23. The molecule has 1 N–H and O–H groups in total. The summed E-state index contributed by atoms with van der Waals surface area (Å²) in [6.45, 7) is 2.10. The Labute approximate surface area is 149 Å². The molecule has 1 aliphatic heterocycles. The summed E-state index contributed by atoms with van der Waals surface area (Å²) < 4.78 is 15.5. The third kappa shape index (κ3) is 3.24. The minimum atomic E-state index is -0.448.